The molecule has 29 heavy (non-hydrogen) atoms. The van der Waals surface area contributed by atoms with Crippen LogP contribution in [0, 0.1) is 24.7 Å². The van der Waals surface area contributed by atoms with Crippen LogP contribution in [-0.4, -0.2) is 65.3 Å². The molecule has 0 radical (unpaired) electrons. The summed E-state index contributed by atoms with van der Waals surface area (Å²) in [5.41, 5.74) is 0.990. The number of thiazole rings is 1. The average Bonchev–Trinajstić information content (AvgIpc) is 3.32. The Bertz CT molecular complexity index is 733. The van der Waals surface area contributed by atoms with Crippen LogP contribution in [0.4, 0.5) is 0 Å². The SMILES string of the molecule is Cc1nc(CCC(=O)N2C[C@H]3C[C@H](O)[C@@H](NC(=O)C4CCOCC4)C[C@H]3C2)cs1. The Morgan fingerprint density at radius 2 is 2.00 bits per heavy atom. The normalized spacial score (nSPS) is 30.2. The number of hydrogen-bond acceptors (Lipinski definition) is 6. The third-order valence-electron chi connectivity index (χ3n) is 6.68. The molecule has 3 fully saturated rings. The van der Waals surface area contributed by atoms with Gasteiger partial charge in [0, 0.05) is 44.0 Å². The van der Waals surface area contributed by atoms with E-state index in [4.69, 9.17) is 4.74 Å². The van der Waals surface area contributed by atoms with Crippen molar-refractivity contribution >= 4 is 23.2 Å². The molecule has 8 heteroatoms. The molecule has 160 valence electrons. The molecule has 0 unspecified atom stereocenters. The minimum Gasteiger partial charge on any atom is -0.391 e. The lowest BCUT2D eigenvalue weighted by molar-refractivity contribution is -0.131. The summed E-state index contributed by atoms with van der Waals surface area (Å²) in [6.45, 7) is 4.69. The predicted molar refractivity (Wildman–Crippen MR) is 109 cm³/mol. The van der Waals surface area contributed by atoms with Gasteiger partial charge in [-0.05, 0) is 50.9 Å². The molecular formula is C21H31N3O4S. The Labute approximate surface area is 175 Å². The number of hydrogen-bond donors (Lipinski definition) is 2. The van der Waals surface area contributed by atoms with E-state index in [0.717, 1.165) is 43.1 Å². The van der Waals surface area contributed by atoms with Gasteiger partial charge in [-0.2, -0.15) is 0 Å². The van der Waals surface area contributed by atoms with E-state index in [0.29, 0.717) is 44.3 Å². The molecule has 1 aromatic heterocycles. The van der Waals surface area contributed by atoms with Crippen LogP contribution < -0.4 is 5.32 Å². The number of likely N-dealkylation sites (tertiary alicyclic amines) is 1. The molecule has 0 spiro atoms. The van der Waals surface area contributed by atoms with Gasteiger partial charge in [-0.3, -0.25) is 9.59 Å². The second kappa shape index (κ2) is 9.10. The first-order chi connectivity index (χ1) is 14.0. The summed E-state index contributed by atoms with van der Waals surface area (Å²) < 4.78 is 5.33. The predicted octanol–water partition coefficient (Wildman–Crippen LogP) is 1.52. The molecule has 3 heterocycles. The van der Waals surface area contributed by atoms with E-state index in [9.17, 15) is 14.7 Å². The van der Waals surface area contributed by atoms with E-state index in [2.05, 4.69) is 10.3 Å². The van der Waals surface area contributed by atoms with Crippen LogP contribution in [0.1, 0.15) is 42.8 Å². The zero-order valence-electron chi connectivity index (χ0n) is 17.0. The van der Waals surface area contributed by atoms with Crippen molar-refractivity contribution in [3.05, 3.63) is 16.1 Å². The van der Waals surface area contributed by atoms with Gasteiger partial charge in [0.05, 0.1) is 22.8 Å². The highest BCUT2D eigenvalue weighted by Gasteiger charge is 2.43. The smallest absolute Gasteiger partial charge is 0.223 e. The monoisotopic (exact) mass is 421 g/mol. The highest BCUT2D eigenvalue weighted by molar-refractivity contribution is 7.09. The number of fused-ring (bicyclic) bond motifs is 1. The van der Waals surface area contributed by atoms with Gasteiger partial charge in [0.15, 0.2) is 0 Å². The second-order valence-electron chi connectivity index (χ2n) is 8.72. The zero-order valence-corrected chi connectivity index (χ0v) is 17.8. The number of aliphatic hydroxyl groups excluding tert-OH is 1. The first-order valence-corrected chi connectivity index (χ1v) is 11.6. The van der Waals surface area contributed by atoms with Gasteiger partial charge in [-0.1, -0.05) is 0 Å². The largest absolute Gasteiger partial charge is 0.391 e. The molecule has 1 aliphatic carbocycles. The van der Waals surface area contributed by atoms with Crippen molar-refractivity contribution < 1.29 is 19.4 Å². The van der Waals surface area contributed by atoms with Crippen LogP contribution in [0.3, 0.4) is 0 Å². The summed E-state index contributed by atoms with van der Waals surface area (Å²) in [5.74, 6) is 0.878. The average molecular weight is 422 g/mol. The number of rotatable bonds is 5. The molecule has 0 bridgehead atoms. The number of nitrogens with zero attached hydrogens (tertiary/aromatic N) is 2. The van der Waals surface area contributed by atoms with E-state index >= 15 is 0 Å². The molecule has 2 saturated heterocycles. The third kappa shape index (κ3) is 4.98. The maximum atomic E-state index is 12.7. The molecule has 1 saturated carbocycles. The van der Waals surface area contributed by atoms with E-state index in [1.54, 1.807) is 11.3 Å². The van der Waals surface area contributed by atoms with Gasteiger partial charge in [0.1, 0.15) is 0 Å². The molecule has 4 atom stereocenters. The van der Waals surface area contributed by atoms with Crippen LogP contribution in [-0.2, 0) is 20.7 Å². The maximum absolute atomic E-state index is 12.7. The standard InChI is InChI=1S/C21H31N3O4S/c1-13-22-17(12-29-13)2-3-20(26)24-10-15-8-18(19(25)9-16(15)11-24)23-21(27)14-4-6-28-7-5-14/h12,14-16,18-19,25H,2-11H2,1H3,(H,23,27)/t15-,16+,18-,19-/m0/s1. The Morgan fingerprint density at radius 3 is 2.69 bits per heavy atom. The zero-order chi connectivity index (χ0) is 20.4. The number of carbonyl (C=O) groups excluding carboxylic acids is 2. The lowest BCUT2D eigenvalue weighted by Gasteiger charge is -2.36. The van der Waals surface area contributed by atoms with Crippen LogP contribution in [0.5, 0.6) is 0 Å². The van der Waals surface area contributed by atoms with Crippen LogP contribution in [0.2, 0.25) is 0 Å². The minimum absolute atomic E-state index is 0.00956. The van der Waals surface area contributed by atoms with Gasteiger partial charge in [0.2, 0.25) is 11.8 Å². The fourth-order valence-electron chi connectivity index (χ4n) is 4.97. The summed E-state index contributed by atoms with van der Waals surface area (Å²) >= 11 is 1.61. The lowest BCUT2D eigenvalue weighted by atomic mass is 9.77. The van der Waals surface area contributed by atoms with E-state index < -0.39 is 6.10 Å². The van der Waals surface area contributed by atoms with E-state index in [-0.39, 0.29) is 23.8 Å². The molecular weight excluding hydrogens is 390 g/mol. The number of aryl methyl sites for hydroxylation is 2. The highest BCUT2D eigenvalue weighted by atomic mass is 32.1. The van der Waals surface area contributed by atoms with Crippen LogP contribution >= 0.6 is 11.3 Å². The van der Waals surface area contributed by atoms with Gasteiger partial charge in [0.25, 0.3) is 0 Å². The Morgan fingerprint density at radius 1 is 1.28 bits per heavy atom. The second-order valence-corrected chi connectivity index (χ2v) is 9.78. The number of nitrogens with one attached hydrogen (secondary N) is 1. The molecule has 1 aromatic rings. The number of aliphatic hydroxyl groups is 1. The topological polar surface area (TPSA) is 91.8 Å². The van der Waals surface area contributed by atoms with E-state index in [1.807, 2.05) is 17.2 Å². The van der Waals surface area contributed by atoms with Crippen molar-refractivity contribution in [1.29, 1.82) is 0 Å². The fourth-order valence-corrected chi connectivity index (χ4v) is 5.61. The van der Waals surface area contributed by atoms with Gasteiger partial charge in [-0.25, -0.2) is 4.98 Å². The summed E-state index contributed by atoms with van der Waals surface area (Å²) in [6, 6.07) is -0.209. The molecule has 2 amide bonds. The molecule has 2 N–H and O–H groups in total. The van der Waals surface area contributed by atoms with Crippen molar-refractivity contribution in [1.82, 2.24) is 15.2 Å². The van der Waals surface area contributed by atoms with Crippen LogP contribution in [0.25, 0.3) is 0 Å². The molecule has 3 aliphatic rings. The molecule has 4 rings (SSSR count). The number of aromatic nitrogens is 1. The number of amides is 2. The summed E-state index contributed by atoms with van der Waals surface area (Å²) in [4.78, 5) is 31.6. The summed E-state index contributed by atoms with van der Waals surface area (Å²) in [6.07, 6.45) is 3.53. The number of ether oxygens (including phenoxy) is 1. The Hall–Kier alpha value is -1.51. The molecule has 0 aromatic carbocycles. The summed E-state index contributed by atoms with van der Waals surface area (Å²) in [7, 11) is 0. The van der Waals surface area contributed by atoms with Crippen molar-refractivity contribution in [3.63, 3.8) is 0 Å². The third-order valence-corrected chi connectivity index (χ3v) is 7.50. The van der Waals surface area contributed by atoms with Crippen molar-refractivity contribution in [2.24, 2.45) is 17.8 Å². The van der Waals surface area contributed by atoms with Crippen molar-refractivity contribution in [2.75, 3.05) is 26.3 Å². The van der Waals surface area contributed by atoms with Crippen LogP contribution in [0.15, 0.2) is 5.38 Å². The number of carbonyl (C=O) groups is 2. The van der Waals surface area contributed by atoms with Gasteiger partial charge < -0.3 is 20.1 Å². The van der Waals surface area contributed by atoms with Gasteiger partial charge in [-0.15, -0.1) is 11.3 Å². The first-order valence-electron chi connectivity index (χ1n) is 10.7. The van der Waals surface area contributed by atoms with Crippen molar-refractivity contribution in [2.45, 2.75) is 57.6 Å². The first kappa shape index (κ1) is 20.8. The fraction of sp³-hybridized carbons (Fsp3) is 0.762. The van der Waals surface area contributed by atoms with Gasteiger partial charge >= 0.3 is 0 Å². The summed E-state index contributed by atoms with van der Waals surface area (Å²) in [5, 5.41) is 16.7. The Kier molecular flexibility index (Phi) is 6.51. The quantitative estimate of drug-likeness (QED) is 0.752. The molecule has 7 nitrogen and oxygen atoms in total. The highest BCUT2D eigenvalue weighted by Crippen LogP contribution is 2.37. The molecule has 2 aliphatic heterocycles. The Balaban J connectivity index is 1.27. The minimum atomic E-state index is -0.534. The lowest BCUT2D eigenvalue weighted by Crippen LogP contribution is -2.51. The van der Waals surface area contributed by atoms with E-state index in [1.165, 1.54) is 0 Å². The maximum Gasteiger partial charge on any atom is 0.223 e. The van der Waals surface area contributed by atoms with Crippen molar-refractivity contribution in [3.8, 4) is 0 Å².